The van der Waals surface area contributed by atoms with Crippen LogP contribution in [0.3, 0.4) is 0 Å². The maximum atomic E-state index is 11.0. The van der Waals surface area contributed by atoms with E-state index < -0.39 is 0 Å². The van der Waals surface area contributed by atoms with Gasteiger partial charge in [-0.2, -0.15) is 0 Å². The van der Waals surface area contributed by atoms with Gasteiger partial charge < -0.3 is 10.1 Å². The van der Waals surface area contributed by atoms with E-state index in [-0.39, 0.29) is 10.6 Å². The highest BCUT2D eigenvalue weighted by molar-refractivity contribution is 5.47. The first-order valence-electron chi connectivity index (χ1n) is 6.00. The number of nitro groups is 1. The zero-order valence-electron chi connectivity index (χ0n) is 10.6. The van der Waals surface area contributed by atoms with Crippen LogP contribution in [0.4, 0.5) is 5.69 Å². The molecule has 18 heavy (non-hydrogen) atoms. The highest BCUT2D eigenvalue weighted by Gasteiger charge is 2.20. The number of ether oxygens (including phenoxy) is 1. The van der Waals surface area contributed by atoms with Crippen molar-refractivity contribution in [3.8, 4) is 0 Å². The number of nitrogens with zero attached hydrogens (tertiary/aromatic N) is 2. The molecular weight excluding hydrogens is 234 g/mol. The van der Waals surface area contributed by atoms with Gasteiger partial charge in [-0.25, -0.2) is 0 Å². The van der Waals surface area contributed by atoms with Crippen LogP contribution in [0.15, 0.2) is 6.20 Å². The monoisotopic (exact) mass is 251 g/mol. The standard InChI is InChI=1S/C12H17N3O3/c1-8-5-14-11(9(2)12(8)15(16)17)6-13-10-3-4-18-7-10/h5,10,13H,3-4,6-7H2,1-2H3. The lowest BCUT2D eigenvalue weighted by Gasteiger charge is -2.12. The van der Waals surface area contributed by atoms with Gasteiger partial charge in [-0.1, -0.05) is 0 Å². The number of rotatable bonds is 4. The molecule has 2 rings (SSSR count). The molecule has 1 aromatic rings. The number of aromatic nitrogens is 1. The lowest BCUT2D eigenvalue weighted by Crippen LogP contribution is -2.29. The first-order chi connectivity index (χ1) is 8.59. The highest BCUT2D eigenvalue weighted by atomic mass is 16.6. The minimum absolute atomic E-state index is 0.171. The number of pyridine rings is 1. The first kappa shape index (κ1) is 12.9. The van der Waals surface area contributed by atoms with Gasteiger partial charge in [-0.15, -0.1) is 0 Å². The molecule has 1 N–H and O–H groups in total. The Morgan fingerprint density at radius 1 is 1.61 bits per heavy atom. The van der Waals surface area contributed by atoms with Gasteiger partial charge in [0.25, 0.3) is 5.69 Å². The number of hydrogen-bond donors (Lipinski definition) is 1. The van der Waals surface area contributed by atoms with Crippen LogP contribution in [-0.2, 0) is 11.3 Å². The summed E-state index contributed by atoms with van der Waals surface area (Å²) in [5, 5.41) is 14.3. The molecule has 1 saturated heterocycles. The van der Waals surface area contributed by atoms with Gasteiger partial charge in [0.15, 0.2) is 0 Å². The maximum Gasteiger partial charge on any atom is 0.278 e. The highest BCUT2D eigenvalue weighted by Crippen LogP contribution is 2.24. The maximum absolute atomic E-state index is 11.0. The van der Waals surface area contributed by atoms with Crippen LogP contribution >= 0.6 is 0 Å². The molecule has 0 spiro atoms. The Hall–Kier alpha value is -1.53. The van der Waals surface area contributed by atoms with E-state index in [1.165, 1.54) is 0 Å². The molecule has 1 aromatic heterocycles. The molecule has 6 nitrogen and oxygen atoms in total. The molecule has 1 aliphatic rings. The molecule has 1 atom stereocenters. The predicted molar refractivity (Wildman–Crippen MR) is 66.4 cm³/mol. The van der Waals surface area contributed by atoms with E-state index in [1.54, 1.807) is 20.0 Å². The summed E-state index contributed by atoms with van der Waals surface area (Å²) in [5.74, 6) is 0. The summed E-state index contributed by atoms with van der Waals surface area (Å²) >= 11 is 0. The van der Waals surface area contributed by atoms with Crippen molar-refractivity contribution < 1.29 is 9.66 Å². The van der Waals surface area contributed by atoms with E-state index in [2.05, 4.69) is 10.3 Å². The summed E-state index contributed by atoms with van der Waals surface area (Å²) in [7, 11) is 0. The van der Waals surface area contributed by atoms with E-state index in [1.807, 2.05) is 0 Å². The van der Waals surface area contributed by atoms with Gasteiger partial charge >= 0.3 is 0 Å². The first-order valence-corrected chi connectivity index (χ1v) is 6.00. The van der Waals surface area contributed by atoms with Crippen LogP contribution in [0.25, 0.3) is 0 Å². The lowest BCUT2D eigenvalue weighted by molar-refractivity contribution is -0.386. The molecule has 1 unspecified atom stereocenters. The molecule has 0 radical (unpaired) electrons. The van der Waals surface area contributed by atoms with Gasteiger partial charge in [-0.05, 0) is 20.3 Å². The third-order valence-electron chi connectivity index (χ3n) is 3.25. The second-order valence-electron chi connectivity index (χ2n) is 4.56. The quantitative estimate of drug-likeness (QED) is 0.648. The van der Waals surface area contributed by atoms with Crippen molar-refractivity contribution in [2.24, 2.45) is 0 Å². The summed E-state index contributed by atoms with van der Waals surface area (Å²) in [5.41, 5.74) is 2.15. The second kappa shape index (κ2) is 5.41. The van der Waals surface area contributed by atoms with Crippen LogP contribution in [0.1, 0.15) is 23.2 Å². The summed E-state index contributed by atoms with van der Waals surface area (Å²) in [6.45, 7) is 5.48. The molecule has 1 aliphatic heterocycles. The van der Waals surface area contributed by atoms with Crippen molar-refractivity contribution in [1.29, 1.82) is 0 Å². The number of nitrogens with one attached hydrogen (secondary N) is 1. The van der Waals surface area contributed by atoms with E-state index in [9.17, 15) is 10.1 Å². The molecule has 98 valence electrons. The Kier molecular flexibility index (Phi) is 3.88. The topological polar surface area (TPSA) is 77.3 Å². The fraction of sp³-hybridized carbons (Fsp3) is 0.583. The molecule has 2 heterocycles. The van der Waals surface area contributed by atoms with Crippen molar-refractivity contribution in [3.05, 3.63) is 33.1 Å². The summed E-state index contributed by atoms with van der Waals surface area (Å²) in [6, 6.07) is 0.326. The van der Waals surface area contributed by atoms with E-state index in [4.69, 9.17) is 4.74 Å². The van der Waals surface area contributed by atoms with Gasteiger partial charge in [0.05, 0.1) is 17.2 Å². The van der Waals surface area contributed by atoms with Gasteiger partial charge in [0.2, 0.25) is 0 Å². The van der Waals surface area contributed by atoms with Crippen LogP contribution in [0.2, 0.25) is 0 Å². The average molecular weight is 251 g/mol. The van der Waals surface area contributed by atoms with E-state index in [0.717, 1.165) is 18.7 Å². The fourth-order valence-electron chi connectivity index (χ4n) is 2.16. The van der Waals surface area contributed by atoms with Crippen LogP contribution in [-0.4, -0.2) is 29.2 Å². The van der Waals surface area contributed by atoms with Gasteiger partial charge in [-0.3, -0.25) is 15.1 Å². The Morgan fingerprint density at radius 3 is 3.00 bits per heavy atom. The molecule has 0 bridgehead atoms. The summed E-state index contributed by atoms with van der Waals surface area (Å²) in [4.78, 5) is 14.9. The Bertz CT molecular complexity index is 456. The van der Waals surface area contributed by atoms with Crippen molar-refractivity contribution >= 4 is 5.69 Å². The van der Waals surface area contributed by atoms with Gasteiger partial charge in [0, 0.05) is 36.5 Å². The zero-order valence-corrected chi connectivity index (χ0v) is 10.6. The predicted octanol–water partition coefficient (Wildman–Crippen LogP) is 1.49. The van der Waals surface area contributed by atoms with Crippen molar-refractivity contribution in [2.75, 3.05) is 13.2 Å². The van der Waals surface area contributed by atoms with E-state index >= 15 is 0 Å². The molecule has 0 amide bonds. The van der Waals surface area contributed by atoms with Crippen molar-refractivity contribution in [3.63, 3.8) is 0 Å². The van der Waals surface area contributed by atoms with Crippen LogP contribution < -0.4 is 5.32 Å². The van der Waals surface area contributed by atoms with Gasteiger partial charge in [0.1, 0.15) is 0 Å². The Balaban J connectivity index is 2.12. The minimum Gasteiger partial charge on any atom is -0.380 e. The number of hydrogen-bond acceptors (Lipinski definition) is 5. The average Bonchev–Trinajstić information content (AvgIpc) is 2.80. The molecule has 0 aromatic carbocycles. The third kappa shape index (κ3) is 2.65. The smallest absolute Gasteiger partial charge is 0.278 e. The lowest BCUT2D eigenvalue weighted by atomic mass is 10.1. The largest absolute Gasteiger partial charge is 0.380 e. The minimum atomic E-state index is -0.339. The second-order valence-corrected chi connectivity index (χ2v) is 4.56. The van der Waals surface area contributed by atoms with Crippen molar-refractivity contribution in [1.82, 2.24) is 10.3 Å². The Labute approximate surface area is 106 Å². The zero-order chi connectivity index (χ0) is 13.1. The van der Waals surface area contributed by atoms with Crippen molar-refractivity contribution in [2.45, 2.75) is 32.9 Å². The molecule has 1 fully saturated rings. The summed E-state index contributed by atoms with van der Waals surface area (Å²) in [6.07, 6.45) is 2.54. The van der Waals surface area contributed by atoms with Crippen LogP contribution in [0.5, 0.6) is 0 Å². The molecule has 0 aliphatic carbocycles. The molecule has 6 heteroatoms. The summed E-state index contributed by atoms with van der Waals surface area (Å²) < 4.78 is 5.27. The molecule has 0 saturated carbocycles. The Morgan fingerprint density at radius 2 is 2.39 bits per heavy atom. The van der Waals surface area contributed by atoms with E-state index in [0.29, 0.717) is 30.3 Å². The number of aryl methyl sites for hydroxylation is 1. The normalized spacial score (nSPS) is 19.1. The SMILES string of the molecule is Cc1cnc(CNC2CCOC2)c(C)c1[N+](=O)[O-]. The molecular formula is C12H17N3O3. The van der Waals surface area contributed by atoms with Crippen LogP contribution in [0, 0.1) is 24.0 Å². The fourth-order valence-corrected chi connectivity index (χ4v) is 2.16. The third-order valence-corrected chi connectivity index (χ3v) is 3.25.